The first-order chi connectivity index (χ1) is 5.77. The fraction of sp³-hybridized carbons (Fsp3) is 0.750. The van der Waals surface area contributed by atoms with Crippen molar-refractivity contribution in [1.29, 1.82) is 0 Å². The summed E-state index contributed by atoms with van der Waals surface area (Å²) in [6.07, 6.45) is 2.72. The molecule has 0 aliphatic rings. The van der Waals surface area contributed by atoms with Gasteiger partial charge in [0.15, 0.2) is 5.82 Å². The zero-order chi connectivity index (χ0) is 8.97. The molecule has 1 aromatic rings. The minimum Gasteiger partial charge on any atom is -0.338 e. The molecule has 2 N–H and O–H groups in total. The number of aryl methyl sites for hydroxylation is 1. The maximum Gasteiger partial charge on any atom is 0.243 e. The molecule has 12 heavy (non-hydrogen) atoms. The molecule has 1 rings (SSSR count). The predicted octanol–water partition coefficient (Wildman–Crippen LogP) is 1.43. The highest BCUT2D eigenvalue weighted by Crippen LogP contribution is 2.10. The van der Waals surface area contributed by atoms with Gasteiger partial charge in [0.1, 0.15) is 0 Å². The van der Waals surface area contributed by atoms with Gasteiger partial charge in [-0.15, -0.1) is 0 Å². The van der Waals surface area contributed by atoms with Gasteiger partial charge in [0.05, 0.1) is 6.04 Å². The highest BCUT2D eigenvalue weighted by Gasteiger charge is 2.11. The van der Waals surface area contributed by atoms with Gasteiger partial charge in [0, 0.05) is 6.42 Å². The van der Waals surface area contributed by atoms with E-state index in [1.54, 1.807) is 0 Å². The number of rotatable bonds is 4. The van der Waals surface area contributed by atoms with Gasteiger partial charge >= 0.3 is 0 Å². The second-order valence-electron chi connectivity index (χ2n) is 2.81. The number of nitrogens with two attached hydrogens (primary N) is 1. The summed E-state index contributed by atoms with van der Waals surface area (Å²) < 4.78 is 4.98. The van der Waals surface area contributed by atoms with Crippen LogP contribution in [0.5, 0.6) is 0 Å². The van der Waals surface area contributed by atoms with E-state index >= 15 is 0 Å². The second kappa shape index (κ2) is 4.21. The van der Waals surface area contributed by atoms with Gasteiger partial charge in [-0.25, -0.2) is 0 Å². The van der Waals surface area contributed by atoms with E-state index in [0.29, 0.717) is 5.89 Å². The minimum absolute atomic E-state index is 0.108. The van der Waals surface area contributed by atoms with E-state index in [1.807, 2.05) is 6.92 Å². The molecule has 1 heterocycles. The van der Waals surface area contributed by atoms with Crippen molar-refractivity contribution in [2.24, 2.45) is 5.73 Å². The van der Waals surface area contributed by atoms with Crippen LogP contribution < -0.4 is 5.73 Å². The summed E-state index contributed by atoms with van der Waals surface area (Å²) >= 11 is 0. The summed E-state index contributed by atoms with van der Waals surface area (Å²) in [5.41, 5.74) is 5.71. The van der Waals surface area contributed by atoms with Crippen molar-refractivity contribution in [2.45, 2.75) is 39.2 Å². The number of hydrogen-bond acceptors (Lipinski definition) is 4. The molecule has 1 atom stereocenters. The van der Waals surface area contributed by atoms with Crippen LogP contribution in [0.15, 0.2) is 4.52 Å². The van der Waals surface area contributed by atoms with Crippen LogP contribution in [-0.4, -0.2) is 10.1 Å². The molecule has 0 aliphatic carbocycles. The Bertz CT molecular complexity index is 234. The van der Waals surface area contributed by atoms with Crippen LogP contribution in [0.2, 0.25) is 0 Å². The Morgan fingerprint density at radius 2 is 2.25 bits per heavy atom. The van der Waals surface area contributed by atoms with Crippen LogP contribution in [0.25, 0.3) is 0 Å². The molecule has 0 unspecified atom stereocenters. The first-order valence-electron chi connectivity index (χ1n) is 4.36. The van der Waals surface area contributed by atoms with Crippen LogP contribution in [0.1, 0.15) is 44.4 Å². The third-order valence-corrected chi connectivity index (χ3v) is 1.71. The van der Waals surface area contributed by atoms with Crippen LogP contribution in [-0.2, 0) is 6.42 Å². The molecular weight excluding hydrogens is 154 g/mol. The van der Waals surface area contributed by atoms with E-state index in [4.69, 9.17) is 10.3 Å². The lowest BCUT2D eigenvalue weighted by Crippen LogP contribution is -2.08. The van der Waals surface area contributed by atoms with Gasteiger partial charge in [0.25, 0.3) is 0 Å². The quantitative estimate of drug-likeness (QED) is 0.740. The Kier molecular flexibility index (Phi) is 3.22. The number of nitrogens with zero attached hydrogens (tertiary/aromatic N) is 2. The van der Waals surface area contributed by atoms with Crippen molar-refractivity contribution in [3.63, 3.8) is 0 Å². The van der Waals surface area contributed by atoms with E-state index in [2.05, 4.69) is 17.1 Å². The van der Waals surface area contributed by atoms with Crippen LogP contribution in [0.3, 0.4) is 0 Å². The van der Waals surface area contributed by atoms with Gasteiger partial charge in [-0.1, -0.05) is 19.0 Å². The summed E-state index contributed by atoms with van der Waals surface area (Å²) in [4.78, 5) is 4.17. The van der Waals surface area contributed by atoms with E-state index < -0.39 is 0 Å². The first-order valence-corrected chi connectivity index (χ1v) is 4.36. The third-order valence-electron chi connectivity index (χ3n) is 1.71. The monoisotopic (exact) mass is 169 g/mol. The van der Waals surface area contributed by atoms with Crippen molar-refractivity contribution in [2.75, 3.05) is 0 Å². The second-order valence-corrected chi connectivity index (χ2v) is 2.81. The summed E-state index contributed by atoms with van der Waals surface area (Å²) in [6, 6.07) is -0.108. The molecule has 4 heteroatoms. The molecule has 0 bridgehead atoms. The topological polar surface area (TPSA) is 64.9 Å². The third kappa shape index (κ3) is 2.04. The summed E-state index contributed by atoms with van der Waals surface area (Å²) in [7, 11) is 0. The molecule has 0 radical (unpaired) electrons. The Labute approximate surface area is 72.1 Å². The van der Waals surface area contributed by atoms with Gasteiger partial charge in [-0.3, -0.25) is 0 Å². The van der Waals surface area contributed by atoms with Crippen molar-refractivity contribution >= 4 is 0 Å². The lowest BCUT2D eigenvalue weighted by Gasteiger charge is -1.98. The Hall–Kier alpha value is -0.900. The smallest absolute Gasteiger partial charge is 0.243 e. The van der Waals surface area contributed by atoms with Crippen molar-refractivity contribution in [1.82, 2.24) is 10.1 Å². The molecule has 1 aromatic heterocycles. The van der Waals surface area contributed by atoms with Crippen LogP contribution in [0.4, 0.5) is 0 Å². The Morgan fingerprint density at radius 1 is 1.50 bits per heavy atom. The average molecular weight is 169 g/mol. The average Bonchev–Trinajstić information content (AvgIpc) is 2.52. The van der Waals surface area contributed by atoms with E-state index in [-0.39, 0.29) is 6.04 Å². The molecule has 0 spiro atoms. The molecule has 0 saturated carbocycles. The standard InChI is InChI=1S/C8H15N3O/c1-3-5-7-10-8(12-11-7)6(9)4-2/h6H,3-5,9H2,1-2H3/t6-/m0/s1. The maximum atomic E-state index is 5.71. The fourth-order valence-corrected chi connectivity index (χ4v) is 0.918. The van der Waals surface area contributed by atoms with Gasteiger partial charge < -0.3 is 10.3 Å². The summed E-state index contributed by atoms with van der Waals surface area (Å²) in [6.45, 7) is 4.07. The fourth-order valence-electron chi connectivity index (χ4n) is 0.918. The lowest BCUT2D eigenvalue weighted by molar-refractivity contribution is 0.348. The Morgan fingerprint density at radius 3 is 2.83 bits per heavy atom. The molecule has 0 aliphatic heterocycles. The molecule has 0 fully saturated rings. The summed E-state index contributed by atoms with van der Waals surface area (Å²) in [5, 5.41) is 3.81. The minimum atomic E-state index is -0.108. The summed E-state index contributed by atoms with van der Waals surface area (Å²) in [5.74, 6) is 1.32. The van der Waals surface area contributed by atoms with Gasteiger partial charge in [-0.2, -0.15) is 4.98 Å². The van der Waals surface area contributed by atoms with E-state index in [0.717, 1.165) is 25.1 Å². The molecule has 0 amide bonds. The molecule has 4 nitrogen and oxygen atoms in total. The normalized spacial score (nSPS) is 13.2. The van der Waals surface area contributed by atoms with Gasteiger partial charge in [0.2, 0.25) is 5.89 Å². The largest absolute Gasteiger partial charge is 0.338 e. The zero-order valence-corrected chi connectivity index (χ0v) is 7.58. The van der Waals surface area contributed by atoms with E-state index in [1.165, 1.54) is 0 Å². The number of aromatic nitrogens is 2. The molecule has 0 saturated heterocycles. The predicted molar refractivity (Wildman–Crippen MR) is 45.5 cm³/mol. The SMILES string of the molecule is CCCc1noc([C@@H](N)CC)n1. The van der Waals surface area contributed by atoms with Crippen molar-refractivity contribution in [3.8, 4) is 0 Å². The highest BCUT2D eigenvalue weighted by atomic mass is 16.5. The number of hydrogen-bond donors (Lipinski definition) is 1. The highest BCUT2D eigenvalue weighted by molar-refractivity contribution is 4.91. The van der Waals surface area contributed by atoms with Crippen LogP contribution >= 0.6 is 0 Å². The van der Waals surface area contributed by atoms with Gasteiger partial charge in [-0.05, 0) is 12.8 Å². The van der Waals surface area contributed by atoms with E-state index in [9.17, 15) is 0 Å². The maximum absolute atomic E-state index is 5.71. The Balaban J connectivity index is 2.63. The lowest BCUT2D eigenvalue weighted by atomic mass is 10.2. The zero-order valence-electron chi connectivity index (χ0n) is 7.58. The molecule has 68 valence electrons. The molecule has 0 aromatic carbocycles. The first kappa shape index (κ1) is 9.19. The van der Waals surface area contributed by atoms with Crippen LogP contribution in [0, 0.1) is 0 Å². The van der Waals surface area contributed by atoms with Crippen molar-refractivity contribution < 1.29 is 4.52 Å². The molecular formula is C8H15N3O. The van der Waals surface area contributed by atoms with Crippen molar-refractivity contribution in [3.05, 3.63) is 11.7 Å².